The lowest BCUT2D eigenvalue weighted by Crippen LogP contribution is -2.30. The first-order valence-corrected chi connectivity index (χ1v) is 6.15. The zero-order valence-electron chi connectivity index (χ0n) is 9.79. The molecule has 0 spiro atoms. The average Bonchev–Trinajstić information content (AvgIpc) is 2.85. The maximum atomic E-state index is 4.43. The van der Waals surface area contributed by atoms with Crippen LogP contribution in [-0.4, -0.2) is 56.3 Å². The second kappa shape index (κ2) is 5.38. The summed E-state index contributed by atoms with van der Waals surface area (Å²) in [4.78, 5) is 4.71. The summed E-state index contributed by atoms with van der Waals surface area (Å²) in [6.07, 6.45) is 4.04. The average molecular weight is 216 g/mol. The van der Waals surface area contributed by atoms with Gasteiger partial charge in [-0.05, 0) is 64.7 Å². The molecule has 0 unspecified atom stereocenters. The SMILES string of the molecule is CN(C)CCCN(C)CC1(CS)CC1. The van der Waals surface area contributed by atoms with Gasteiger partial charge in [0, 0.05) is 6.54 Å². The molecule has 1 rings (SSSR count). The molecule has 0 heterocycles. The van der Waals surface area contributed by atoms with E-state index in [4.69, 9.17) is 0 Å². The summed E-state index contributed by atoms with van der Waals surface area (Å²) in [6, 6.07) is 0. The maximum absolute atomic E-state index is 4.43. The van der Waals surface area contributed by atoms with Crippen molar-refractivity contribution in [2.24, 2.45) is 5.41 Å². The quantitative estimate of drug-likeness (QED) is 0.646. The molecule has 0 radical (unpaired) electrons. The van der Waals surface area contributed by atoms with Gasteiger partial charge in [0.1, 0.15) is 0 Å². The summed E-state index contributed by atoms with van der Waals surface area (Å²) in [5.41, 5.74) is 0.579. The summed E-state index contributed by atoms with van der Waals surface area (Å²) >= 11 is 4.43. The van der Waals surface area contributed by atoms with E-state index in [2.05, 4.69) is 43.6 Å². The fourth-order valence-corrected chi connectivity index (χ4v) is 2.27. The summed E-state index contributed by atoms with van der Waals surface area (Å²) in [5.74, 6) is 1.06. The van der Waals surface area contributed by atoms with Crippen molar-refractivity contribution in [1.82, 2.24) is 9.80 Å². The summed E-state index contributed by atoms with van der Waals surface area (Å²) < 4.78 is 0. The van der Waals surface area contributed by atoms with Crippen LogP contribution in [-0.2, 0) is 0 Å². The van der Waals surface area contributed by atoms with Crippen molar-refractivity contribution in [1.29, 1.82) is 0 Å². The lowest BCUT2D eigenvalue weighted by Gasteiger charge is -2.22. The molecule has 1 fully saturated rings. The minimum Gasteiger partial charge on any atom is -0.309 e. The second-order valence-corrected chi connectivity index (χ2v) is 5.37. The Morgan fingerprint density at radius 2 is 1.79 bits per heavy atom. The molecule has 0 N–H and O–H groups in total. The van der Waals surface area contributed by atoms with Crippen LogP contribution < -0.4 is 0 Å². The molecule has 0 amide bonds. The Hall–Kier alpha value is 0.270. The molecule has 14 heavy (non-hydrogen) atoms. The molecule has 0 atom stereocenters. The van der Waals surface area contributed by atoms with Gasteiger partial charge < -0.3 is 9.80 Å². The molecule has 0 saturated heterocycles. The highest BCUT2D eigenvalue weighted by atomic mass is 32.1. The molecular formula is C11H24N2S. The van der Waals surface area contributed by atoms with Crippen molar-refractivity contribution in [3.8, 4) is 0 Å². The van der Waals surface area contributed by atoms with Crippen LogP contribution in [0.1, 0.15) is 19.3 Å². The molecule has 0 aliphatic heterocycles. The van der Waals surface area contributed by atoms with E-state index in [0.717, 1.165) is 5.75 Å². The van der Waals surface area contributed by atoms with E-state index in [1.165, 1.54) is 38.9 Å². The zero-order chi connectivity index (χ0) is 10.6. The summed E-state index contributed by atoms with van der Waals surface area (Å²) in [7, 11) is 6.51. The molecule has 0 aromatic rings. The van der Waals surface area contributed by atoms with Crippen LogP contribution in [0.4, 0.5) is 0 Å². The summed E-state index contributed by atoms with van der Waals surface area (Å²) in [5, 5.41) is 0. The monoisotopic (exact) mass is 216 g/mol. The van der Waals surface area contributed by atoms with E-state index in [-0.39, 0.29) is 0 Å². The van der Waals surface area contributed by atoms with Gasteiger partial charge in [-0.1, -0.05) is 0 Å². The molecule has 2 nitrogen and oxygen atoms in total. The minimum absolute atomic E-state index is 0.579. The van der Waals surface area contributed by atoms with Gasteiger partial charge in [0.05, 0.1) is 0 Å². The van der Waals surface area contributed by atoms with Gasteiger partial charge in [-0.2, -0.15) is 12.6 Å². The Morgan fingerprint density at radius 1 is 1.14 bits per heavy atom. The van der Waals surface area contributed by atoms with Crippen LogP contribution in [0.5, 0.6) is 0 Å². The lowest BCUT2D eigenvalue weighted by molar-refractivity contribution is 0.260. The van der Waals surface area contributed by atoms with Gasteiger partial charge in [-0.25, -0.2) is 0 Å². The first kappa shape index (κ1) is 12.3. The molecule has 0 bridgehead atoms. The molecule has 1 aliphatic carbocycles. The normalized spacial score (nSPS) is 19.3. The predicted molar refractivity (Wildman–Crippen MR) is 66.2 cm³/mol. The Kier molecular flexibility index (Phi) is 4.74. The Bertz CT molecular complexity index is 167. The molecule has 3 heteroatoms. The molecule has 0 aromatic heterocycles. The highest BCUT2D eigenvalue weighted by Gasteiger charge is 2.41. The Labute approximate surface area is 94.1 Å². The van der Waals surface area contributed by atoms with E-state index in [9.17, 15) is 0 Å². The second-order valence-electron chi connectivity index (χ2n) is 5.05. The topological polar surface area (TPSA) is 6.48 Å². The van der Waals surface area contributed by atoms with E-state index in [0.29, 0.717) is 5.41 Å². The minimum atomic E-state index is 0.579. The van der Waals surface area contributed by atoms with Gasteiger partial charge in [-0.15, -0.1) is 0 Å². The molecule has 1 aliphatic rings. The number of rotatable bonds is 7. The fourth-order valence-electron chi connectivity index (χ4n) is 1.85. The van der Waals surface area contributed by atoms with Crippen molar-refractivity contribution in [2.75, 3.05) is 46.5 Å². The summed E-state index contributed by atoms with van der Waals surface area (Å²) in [6.45, 7) is 3.65. The largest absolute Gasteiger partial charge is 0.309 e. The highest BCUT2D eigenvalue weighted by molar-refractivity contribution is 7.80. The van der Waals surface area contributed by atoms with Crippen molar-refractivity contribution in [2.45, 2.75) is 19.3 Å². The van der Waals surface area contributed by atoms with E-state index in [1.54, 1.807) is 0 Å². The standard InChI is InChI=1S/C11H24N2S/c1-12(2)7-4-8-13(3)9-11(10-14)5-6-11/h14H,4-10H2,1-3H3. The van der Waals surface area contributed by atoms with Gasteiger partial charge in [0.2, 0.25) is 0 Å². The van der Waals surface area contributed by atoms with Crippen molar-refractivity contribution in [3.05, 3.63) is 0 Å². The van der Waals surface area contributed by atoms with E-state index in [1.807, 2.05) is 0 Å². The third kappa shape index (κ3) is 4.20. The van der Waals surface area contributed by atoms with Crippen LogP contribution in [0.25, 0.3) is 0 Å². The van der Waals surface area contributed by atoms with Crippen molar-refractivity contribution >= 4 is 12.6 Å². The van der Waals surface area contributed by atoms with Crippen LogP contribution in [0.2, 0.25) is 0 Å². The molecule has 84 valence electrons. The fraction of sp³-hybridized carbons (Fsp3) is 1.00. The van der Waals surface area contributed by atoms with Gasteiger partial charge >= 0.3 is 0 Å². The zero-order valence-corrected chi connectivity index (χ0v) is 10.7. The predicted octanol–water partition coefficient (Wildman–Crippen LogP) is 1.58. The first-order valence-electron chi connectivity index (χ1n) is 5.52. The van der Waals surface area contributed by atoms with Crippen LogP contribution in [0.3, 0.4) is 0 Å². The smallest absolute Gasteiger partial charge is 0.00428 e. The van der Waals surface area contributed by atoms with Gasteiger partial charge in [0.15, 0.2) is 0 Å². The van der Waals surface area contributed by atoms with Gasteiger partial charge in [0.25, 0.3) is 0 Å². The van der Waals surface area contributed by atoms with Crippen LogP contribution >= 0.6 is 12.6 Å². The molecular weight excluding hydrogens is 192 g/mol. The number of thiol groups is 1. The molecule has 1 saturated carbocycles. The van der Waals surface area contributed by atoms with E-state index >= 15 is 0 Å². The van der Waals surface area contributed by atoms with Crippen LogP contribution in [0.15, 0.2) is 0 Å². The van der Waals surface area contributed by atoms with Crippen molar-refractivity contribution < 1.29 is 0 Å². The Balaban J connectivity index is 2.07. The maximum Gasteiger partial charge on any atom is 0.00428 e. The number of hydrogen-bond acceptors (Lipinski definition) is 3. The van der Waals surface area contributed by atoms with E-state index < -0.39 is 0 Å². The van der Waals surface area contributed by atoms with Crippen molar-refractivity contribution in [3.63, 3.8) is 0 Å². The number of hydrogen-bond donors (Lipinski definition) is 1. The Morgan fingerprint density at radius 3 is 2.21 bits per heavy atom. The van der Waals surface area contributed by atoms with Gasteiger partial charge in [-0.3, -0.25) is 0 Å². The third-order valence-corrected chi connectivity index (χ3v) is 3.71. The number of nitrogens with zero attached hydrogens (tertiary/aromatic N) is 2. The third-order valence-electron chi connectivity index (χ3n) is 3.04. The lowest BCUT2D eigenvalue weighted by atomic mass is 10.1. The highest BCUT2D eigenvalue weighted by Crippen LogP contribution is 2.46. The molecule has 0 aromatic carbocycles. The van der Waals surface area contributed by atoms with Crippen LogP contribution in [0, 0.1) is 5.41 Å². The first-order chi connectivity index (χ1) is 6.58.